The molecule has 8 heteroatoms. The molecule has 148 valence electrons. The van der Waals surface area contributed by atoms with Crippen LogP contribution in [0.5, 0.6) is 5.75 Å². The lowest BCUT2D eigenvalue weighted by Gasteiger charge is -2.25. The molecule has 0 aliphatic carbocycles. The molecular formula is C20H21BrIN3O3. The van der Waals surface area contributed by atoms with Crippen molar-refractivity contribution in [2.24, 2.45) is 5.10 Å². The molecule has 3 rings (SSSR count). The molecule has 1 aliphatic rings. The number of nitrogens with one attached hydrogen (secondary N) is 1. The van der Waals surface area contributed by atoms with Gasteiger partial charge in [0.1, 0.15) is 12.4 Å². The lowest BCUT2D eigenvalue weighted by atomic mass is 10.2. The minimum Gasteiger partial charge on any atom is -0.488 e. The van der Waals surface area contributed by atoms with Crippen molar-refractivity contribution in [2.45, 2.75) is 6.61 Å². The van der Waals surface area contributed by atoms with E-state index in [4.69, 9.17) is 9.47 Å². The molecule has 0 unspecified atom stereocenters. The highest BCUT2D eigenvalue weighted by atomic mass is 127. The van der Waals surface area contributed by atoms with Crippen molar-refractivity contribution in [3.8, 4) is 5.75 Å². The van der Waals surface area contributed by atoms with Gasteiger partial charge in [-0.05, 0) is 58.5 Å². The standard InChI is InChI=1S/C20H21BrIN3O3/c21-17-3-6-19(28-14-15-1-4-18(22)5-2-15)16(11-17)12-23-24-20(26)13-25-7-9-27-10-8-25/h1-6,11-12H,7-10,13-14H2,(H,24,26)/b23-12+. The van der Waals surface area contributed by atoms with Crippen molar-refractivity contribution >= 4 is 50.6 Å². The monoisotopic (exact) mass is 557 g/mol. The Labute approximate surface area is 186 Å². The fourth-order valence-electron chi connectivity index (χ4n) is 2.66. The first-order valence-corrected chi connectivity index (χ1v) is 10.8. The van der Waals surface area contributed by atoms with Gasteiger partial charge in [-0.25, -0.2) is 5.43 Å². The quantitative estimate of drug-likeness (QED) is 0.322. The number of carbonyl (C=O) groups excluding carboxylic acids is 1. The number of halogens is 2. The molecule has 1 amide bonds. The summed E-state index contributed by atoms with van der Waals surface area (Å²) in [6.45, 7) is 3.63. The number of carbonyl (C=O) groups is 1. The molecule has 6 nitrogen and oxygen atoms in total. The van der Waals surface area contributed by atoms with Crippen LogP contribution in [0.15, 0.2) is 52.0 Å². The fraction of sp³-hybridized carbons (Fsp3) is 0.300. The van der Waals surface area contributed by atoms with Gasteiger partial charge >= 0.3 is 0 Å². The van der Waals surface area contributed by atoms with Crippen LogP contribution in [0.2, 0.25) is 0 Å². The van der Waals surface area contributed by atoms with E-state index in [0.29, 0.717) is 32.1 Å². The van der Waals surface area contributed by atoms with Gasteiger partial charge in [0.2, 0.25) is 0 Å². The molecule has 1 fully saturated rings. The summed E-state index contributed by atoms with van der Waals surface area (Å²) in [6.07, 6.45) is 1.60. The van der Waals surface area contributed by atoms with Crippen LogP contribution in [-0.2, 0) is 16.1 Å². The third-order valence-electron chi connectivity index (χ3n) is 4.14. The van der Waals surface area contributed by atoms with Crippen LogP contribution in [0.4, 0.5) is 0 Å². The van der Waals surface area contributed by atoms with Gasteiger partial charge in [-0.1, -0.05) is 28.1 Å². The first-order chi connectivity index (χ1) is 13.6. The first kappa shape index (κ1) is 21.2. The number of ether oxygens (including phenoxy) is 2. The summed E-state index contributed by atoms with van der Waals surface area (Å²) in [5.41, 5.74) is 4.45. The van der Waals surface area contributed by atoms with Gasteiger partial charge in [0.25, 0.3) is 5.91 Å². The van der Waals surface area contributed by atoms with Crippen LogP contribution in [0.1, 0.15) is 11.1 Å². The maximum atomic E-state index is 12.0. The summed E-state index contributed by atoms with van der Waals surface area (Å²) < 4.78 is 13.3. The molecule has 0 radical (unpaired) electrons. The molecule has 0 saturated carbocycles. The van der Waals surface area contributed by atoms with Crippen LogP contribution < -0.4 is 10.2 Å². The molecule has 1 saturated heterocycles. The Morgan fingerprint density at radius 1 is 1.25 bits per heavy atom. The fourth-order valence-corrected chi connectivity index (χ4v) is 3.40. The smallest absolute Gasteiger partial charge is 0.254 e. The number of amides is 1. The number of hydrazone groups is 1. The SMILES string of the molecule is O=C(CN1CCOCC1)N/N=C/c1cc(Br)ccc1OCc1ccc(I)cc1. The molecule has 2 aromatic carbocycles. The molecular weight excluding hydrogens is 537 g/mol. The number of nitrogens with zero attached hydrogens (tertiary/aromatic N) is 2. The number of hydrogen-bond donors (Lipinski definition) is 1. The normalized spacial score (nSPS) is 14.9. The summed E-state index contributed by atoms with van der Waals surface area (Å²) in [5, 5.41) is 4.09. The van der Waals surface area contributed by atoms with E-state index in [1.54, 1.807) is 6.21 Å². The van der Waals surface area contributed by atoms with Crippen molar-refractivity contribution in [3.63, 3.8) is 0 Å². The van der Waals surface area contributed by atoms with Crippen LogP contribution in [0, 0.1) is 3.57 Å². The van der Waals surface area contributed by atoms with Crippen LogP contribution >= 0.6 is 38.5 Å². The Kier molecular flexibility index (Phi) is 8.26. The zero-order chi connectivity index (χ0) is 19.8. The average molecular weight is 558 g/mol. The largest absolute Gasteiger partial charge is 0.488 e. The van der Waals surface area contributed by atoms with Crippen LogP contribution in [0.3, 0.4) is 0 Å². The van der Waals surface area contributed by atoms with E-state index in [9.17, 15) is 4.79 Å². The van der Waals surface area contributed by atoms with Gasteiger partial charge in [-0.15, -0.1) is 0 Å². The van der Waals surface area contributed by atoms with Gasteiger partial charge in [0, 0.05) is 26.7 Å². The predicted molar refractivity (Wildman–Crippen MR) is 121 cm³/mol. The summed E-state index contributed by atoms with van der Waals surface area (Å²) in [6, 6.07) is 13.9. The topological polar surface area (TPSA) is 63.2 Å². The van der Waals surface area contributed by atoms with Gasteiger partial charge in [-0.3, -0.25) is 9.69 Å². The Morgan fingerprint density at radius 3 is 2.75 bits per heavy atom. The molecule has 0 bridgehead atoms. The number of morpholine rings is 1. The molecule has 0 atom stereocenters. The highest BCUT2D eigenvalue weighted by Crippen LogP contribution is 2.23. The summed E-state index contributed by atoms with van der Waals surface area (Å²) >= 11 is 5.74. The molecule has 1 heterocycles. The zero-order valence-corrected chi connectivity index (χ0v) is 19.0. The third-order valence-corrected chi connectivity index (χ3v) is 5.36. The molecule has 0 aromatic heterocycles. The maximum Gasteiger partial charge on any atom is 0.254 e. The Bertz CT molecular complexity index is 824. The van der Waals surface area contributed by atoms with E-state index in [2.05, 4.69) is 49.0 Å². The van der Waals surface area contributed by atoms with Gasteiger partial charge < -0.3 is 9.47 Å². The van der Waals surface area contributed by atoms with Gasteiger partial charge in [0.05, 0.1) is 26.0 Å². The van der Waals surface area contributed by atoms with Gasteiger partial charge in [-0.2, -0.15) is 5.10 Å². The van der Waals surface area contributed by atoms with Crippen molar-refractivity contribution in [1.29, 1.82) is 0 Å². The van der Waals surface area contributed by atoms with E-state index in [1.807, 2.05) is 47.4 Å². The van der Waals surface area contributed by atoms with E-state index >= 15 is 0 Å². The van der Waals surface area contributed by atoms with Crippen molar-refractivity contribution < 1.29 is 14.3 Å². The van der Waals surface area contributed by atoms with E-state index in [1.165, 1.54) is 3.57 Å². The third kappa shape index (κ3) is 6.84. The molecule has 1 N–H and O–H groups in total. The number of benzene rings is 2. The van der Waals surface area contributed by atoms with Crippen LogP contribution in [-0.4, -0.2) is 49.9 Å². The minimum absolute atomic E-state index is 0.144. The maximum absolute atomic E-state index is 12.0. The van der Waals surface area contributed by atoms with Crippen molar-refractivity contribution in [3.05, 3.63) is 61.6 Å². The highest BCUT2D eigenvalue weighted by molar-refractivity contribution is 14.1. The second-order valence-corrected chi connectivity index (χ2v) is 8.44. The van der Waals surface area contributed by atoms with E-state index < -0.39 is 0 Å². The van der Waals surface area contributed by atoms with E-state index in [0.717, 1.165) is 28.7 Å². The lowest BCUT2D eigenvalue weighted by molar-refractivity contribution is -0.123. The second-order valence-electron chi connectivity index (χ2n) is 6.28. The number of hydrogen-bond acceptors (Lipinski definition) is 5. The molecule has 0 spiro atoms. The predicted octanol–water partition coefficient (Wildman–Crippen LogP) is 3.42. The van der Waals surface area contributed by atoms with E-state index in [-0.39, 0.29) is 5.91 Å². The Morgan fingerprint density at radius 2 is 2.00 bits per heavy atom. The Balaban J connectivity index is 1.57. The van der Waals surface area contributed by atoms with Gasteiger partial charge in [0.15, 0.2) is 0 Å². The highest BCUT2D eigenvalue weighted by Gasteiger charge is 2.13. The molecule has 2 aromatic rings. The van der Waals surface area contributed by atoms with Crippen molar-refractivity contribution in [2.75, 3.05) is 32.8 Å². The minimum atomic E-state index is -0.144. The number of rotatable bonds is 7. The summed E-state index contributed by atoms with van der Waals surface area (Å²) in [7, 11) is 0. The first-order valence-electron chi connectivity index (χ1n) is 8.89. The van der Waals surface area contributed by atoms with Crippen LogP contribution in [0.25, 0.3) is 0 Å². The average Bonchev–Trinajstić information content (AvgIpc) is 2.69. The zero-order valence-electron chi connectivity index (χ0n) is 15.2. The van der Waals surface area contributed by atoms with Crippen molar-refractivity contribution in [1.82, 2.24) is 10.3 Å². The molecule has 1 aliphatic heterocycles. The molecule has 28 heavy (non-hydrogen) atoms. The summed E-state index contributed by atoms with van der Waals surface area (Å²) in [5.74, 6) is 0.558. The Hall–Kier alpha value is -1.49. The second kappa shape index (κ2) is 10.9. The summed E-state index contributed by atoms with van der Waals surface area (Å²) in [4.78, 5) is 14.1. The lowest BCUT2D eigenvalue weighted by Crippen LogP contribution is -2.42.